The van der Waals surface area contributed by atoms with Gasteiger partial charge in [0, 0.05) is 17.1 Å². The molecular formula is C23H27N3O2S2. The van der Waals surface area contributed by atoms with Crippen molar-refractivity contribution in [3.8, 4) is 0 Å². The average Bonchev–Trinajstić information content (AvgIpc) is 2.98. The van der Waals surface area contributed by atoms with Gasteiger partial charge in [-0.2, -0.15) is 0 Å². The Hall–Kier alpha value is -2.38. The fourth-order valence-electron chi connectivity index (χ4n) is 3.36. The number of nitrogens with zero attached hydrogens (tertiary/aromatic N) is 2. The summed E-state index contributed by atoms with van der Waals surface area (Å²) >= 11 is 2.79. The van der Waals surface area contributed by atoms with Crippen molar-refractivity contribution in [2.45, 2.75) is 52.2 Å². The number of allylic oxidation sites excluding steroid dienone is 1. The third kappa shape index (κ3) is 4.37. The van der Waals surface area contributed by atoms with Gasteiger partial charge in [0.2, 0.25) is 5.91 Å². The number of rotatable bonds is 7. The molecule has 2 heterocycles. The molecule has 1 aromatic carbocycles. The lowest BCUT2D eigenvalue weighted by molar-refractivity contribution is -0.113. The van der Waals surface area contributed by atoms with Crippen molar-refractivity contribution < 1.29 is 4.79 Å². The van der Waals surface area contributed by atoms with Crippen LogP contribution >= 0.6 is 23.1 Å². The summed E-state index contributed by atoms with van der Waals surface area (Å²) in [5, 5.41) is 4.26. The van der Waals surface area contributed by atoms with Crippen molar-refractivity contribution in [3.05, 3.63) is 62.8 Å². The van der Waals surface area contributed by atoms with Gasteiger partial charge >= 0.3 is 0 Å². The van der Waals surface area contributed by atoms with Gasteiger partial charge in [0.05, 0.1) is 11.1 Å². The maximum absolute atomic E-state index is 13.0. The molecule has 0 aliphatic carbocycles. The Morgan fingerprint density at radius 3 is 2.73 bits per heavy atom. The van der Waals surface area contributed by atoms with E-state index >= 15 is 0 Å². The van der Waals surface area contributed by atoms with Gasteiger partial charge in [-0.3, -0.25) is 14.2 Å². The zero-order valence-corrected chi connectivity index (χ0v) is 19.7. The summed E-state index contributed by atoms with van der Waals surface area (Å²) in [6, 6.07) is 6.04. The number of nitrogens with one attached hydrogen (secondary N) is 1. The second-order valence-electron chi connectivity index (χ2n) is 7.59. The molecule has 0 unspecified atom stereocenters. The quantitative estimate of drug-likeness (QED) is 0.302. The van der Waals surface area contributed by atoms with E-state index in [1.807, 2.05) is 39.0 Å². The molecule has 0 bridgehead atoms. The van der Waals surface area contributed by atoms with Gasteiger partial charge in [-0.05, 0) is 43.4 Å². The largest absolute Gasteiger partial charge is 0.325 e. The van der Waals surface area contributed by atoms with Crippen LogP contribution < -0.4 is 10.9 Å². The zero-order valence-electron chi connectivity index (χ0n) is 18.0. The van der Waals surface area contributed by atoms with E-state index in [4.69, 9.17) is 4.98 Å². The number of amides is 1. The van der Waals surface area contributed by atoms with Crippen LogP contribution in [0.1, 0.15) is 41.3 Å². The molecule has 3 aromatic rings. The number of hydrogen-bond donors (Lipinski definition) is 1. The molecule has 2 aromatic heterocycles. The van der Waals surface area contributed by atoms with Crippen molar-refractivity contribution in [2.75, 3.05) is 11.1 Å². The monoisotopic (exact) mass is 441 g/mol. The molecule has 3 rings (SSSR count). The van der Waals surface area contributed by atoms with Crippen molar-refractivity contribution in [1.29, 1.82) is 0 Å². The molecule has 0 radical (unpaired) electrons. The Morgan fingerprint density at radius 1 is 1.33 bits per heavy atom. The normalized spacial score (nSPS) is 11.3. The molecule has 0 atom stereocenters. The van der Waals surface area contributed by atoms with E-state index in [-0.39, 0.29) is 17.2 Å². The van der Waals surface area contributed by atoms with Gasteiger partial charge in [-0.1, -0.05) is 49.9 Å². The average molecular weight is 442 g/mol. The van der Waals surface area contributed by atoms with Crippen LogP contribution in [0.15, 0.2) is 40.8 Å². The standard InChI is InChI=1S/C23H27N3O2S2/c1-7-11-26-22(28)19-15(5)16(6)30-21(19)25-23(26)29-12-18(27)24-20-14(4)9-8-10-17(20)13(2)3/h7-10,13H,1,11-12H2,2-6H3,(H,24,27). The maximum atomic E-state index is 13.0. The SMILES string of the molecule is C=CCn1c(SCC(=O)Nc2c(C)cccc2C(C)C)nc2sc(C)c(C)c2c1=O. The number of carbonyl (C=O) groups excluding carboxylic acids is 1. The summed E-state index contributed by atoms with van der Waals surface area (Å²) in [6.07, 6.45) is 1.68. The summed E-state index contributed by atoms with van der Waals surface area (Å²) in [4.78, 5) is 32.3. The number of thioether (sulfide) groups is 1. The van der Waals surface area contributed by atoms with Crippen molar-refractivity contribution >= 4 is 44.9 Å². The third-order valence-electron chi connectivity index (χ3n) is 5.09. The number of anilines is 1. The van der Waals surface area contributed by atoms with Gasteiger partial charge < -0.3 is 5.32 Å². The minimum atomic E-state index is -0.116. The fourth-order valence-corrected chi connectivity index (χ4v) is 5.24. The highest BCUT2D eigenvalue weighted by Crippen LogP contribution is 2.30. The molecule has 158 valence electrons. The number of carbonyl (C=O) groups is 1. The van der Waals surface area contributed by atoms with Crippen LogP contribution in [-0.4, -0.2) is 21.2 Å². The molecule has 7 heteroatoms. The summed E-state index contributed by atoms with van der Waals surface area (Å²) in [5.41, 5.74) is 3.91. The number of aryl methyl sites for hydroxylation is 3. The Labute approximate surface area is 185 Å². The number of thiophene rings is 1. The van der Waals surface area contributed by atoms with E-state index < -0.39 is 0 Å². The van der Waals surface area contributed by atoms with Crippen LogP contribution in [0.25, 0.3) is 10.2 Å². The first kappa shape index (κ1) is 22.3. The number of aromatic nitrogens is 2. The van der Waals surface area contributed by atoms with Gasteiger partial charge in [-0.15, -0.1) is 17.9 Å². The van der Waals surface area contributed by atoms with Crippen LogP contribution in [0.3, 0.4) is 0 Å². The summed E-state index contributed by atoms with van der Waals surface area (Å²) < 4.78 is 1.60. The van der Waals surface area contributed by atoms with Crippen molar-refractivity contribution in [3.63, 3.8) is 0 Å². The highest BCUT2D eigenvalue weighted by molar-refractivity contribution is 7.99. The zero-order chi connectivity index (χ0) is 22.0. The van der Waals surface area contributed by atoms with E-state index in [0.717, 1.165) is 32.1 Å². The topological polar surface area (TPSA) is 64.0 Å². The number of fused-ring (bicyclic) bond motifs is 1. The van der Waals surface area contributed by atoms with E-state index in [2.05, 4.69) is 25.7 Å². The van der Waals surface area contributed by atoms with E-state index in [1.165, 1.54) is 23.1 Å². The fraction of sp³-hybridized carbons (Fsp3) is 0.348. The molecule has 0 saturated heterocycles. The Bertz CT molecular complexity index is 1180. The summed E-state index contributed by atoms with van der Waals surface area (Å²) in [7, 11) is 0. The predicted molar refractivity (Wildman–Crippen MR) is 128 cm³/mol. The lowest BCUT2D eigenvalue weighted by Gasteiger charge is -2.16. The summed E-state index contributed by atoms with van der Waals surface area (Å²) in [6.45, 7) is 14.3. The lowest BCUT2D eigenvalue weighted by Crippen LogP contribution is -2.24. The Kier molecular flexibility index (Phi) is 6.83. The van der Waals surface area contributed by atoms with E-state index in [9.17, 15) is 9.59 Å². The first-order valence-corrected chi connectivity index (χ1v) is 11.7. The van der Waals surface area contributed by atoms with Gasteiger partial charge in [0.15, 0.2) is 5.16 Å². The Balaban J connectivity index is 1.87. The van der Waals surface area contributed by atoms with Gasteiger partial charge in [-0.25, -0.2) is 4.98 Å². The van der Waals surface area contributed by atoms with Crippen LogP contribution in [-0.2, 0) is 11.3 Å². The highest BCUT2D eigenvalue weighted by Gasteiger charge is 2.18. The molecule has 0 aliphatic heterocycles. The second kappa shape index (κ2) is 9.18. The molecule has 0 saturated carbocycles. The van der Waals surface area contributed by atoms with Crippen LogP contribution in [0.4, 0.5) is 5.69 Å². The minimum Gasteiger partial charge on any atom is -0.325 e. The first-order chi connectivity index (χ1) is 14.2. The smallest absolute Gasteiger partial charge is 0.263 e. The lowest BCUT2D eigenvalue weighted by atomic mass is 9.98. The van der Waals surface area contributed by atoms with Crippen LogP contribution in [0.5, 0.6) is 0 Å². The summed E-state index contributed by atoms with van der Waals surface area (Å²) in [5.74, 6) is 0.360. The molecule has 30 heavy (non-hydrogen) atoms. The van der Waals surface area contributed by atoms with Gasteiger partial charge in [0.1, 0.15) is 4.83 Å². The molecule has 0 fully saturated rings. The second-order valence-corrected chi connectivity index (χ2v) is 9.74. The number of benzene rings is 1. The van der Waals surface area contributed by atoms with Crippen molar-refractivity contribution in [1.82, 2.24) is 9.55 Å². The number of hydrogen-bond acceptors (Lipinski definition) is 5. The van der Waals surface area contributed by atoms with Crippen LogP contribution in [0.2, 0.25) is 0 Å². The van der Waals surface area contributed by atoms with Gasteiger partial charge in [0.25, 0.3) is 5.56 Å². The molecule has 0 spiro atoms. The predicted octanol–water partition coefficient (Wildman–Crippen LogP) is 5.42. The Morgan fingerprint density at radius 2 is 2.07 bits per heavy atom. The maximum Gasteiger partial charge on any atom is 0.263 e. The molecule has 0 aliphatic rings. The van der Waals surface area contributed by atoms with E-state index in [1.54, 1.807) is 10.6 Å². The molecule has 1 N–H and O–H groups in total. The van der Waals surface area contributed by atoms with Crippen molar-refractivity contribution in [2.24, 2.45) is 0 Å². The molecule has 1 amide bonds. The number of para-hydroxylation sites is 1. The first-order valence-electron chi connectivity index (χ1n) is 9.88. The molecule has 5 nitrogen and oxygen atoms in total. The molecular weight excluding hydrogens is 414 g/mol. The minimum absolute atomic E-state index is 0.0781. The van der Waals surface area contributed by atoms with Crippen LogP contribution in [0, 0.1) is 20.8 Å². The third-order valence-corrected chi connectivity index (χ3v) is 7.17. The van der Waals surface area contributed by atoms with E-state index in [0.29, 0.717) is 23.0 Å². The highest BCUT2D eigenvalue weighted by atomic mass is 32.2.